The van der Waals surface area contributed by atoms with Gasteiger partial charge < -0.3 is 10.1 Å². The van der Waals surface area contributed by atoms with E-state index in [-0.39, 0.29) is 17.8 Å². The Bertz CT molecular complexity index is 255. The fourth-order valence-electron chi connectivity index (χ4n) is 1.15. The van der Waals surface area contributed by atoms with Crippen molar-refractivity contribution in [3.63, 3.8) is 0 Å². The third kappa shape index (κ3) is 4.21. The average Bonchev–Trinajstić information content (AvgIpc) is 2.21. The Kier molecular flexibility index (Phi) is 5.48. The topological polar surface area (TPSA) is 55.4 Å². The Labute approximate surface area is 97.7 Å². The van der Waals surface area contributed by atoms with Crippen LogP contribution in [-0.4, -0.2) is 25.0 Å². The van der Waals surface area contributed by atoms with Crippen molar-refractivity contribution in [3.05, 3.63) is 0 Å². The minimum absolute atomic E-state index is 0.0683. The maximum Gasteiger partial charge on any atom is 0.328 e. The van der Waals surface area contributed by atoms with Crippen molar-refractivity contribution in [2.24, 2.45) is 11.3 Å². The SMILES string of the molecule is CCC(C)C(NC(=O)C(C)(C)C)C(=O)OC. The van der Waals surface area contributed by atoms with Crippen LogP contribution in [0.1, 0.15) is 41.0 Å². The van der Waals surface area contributed by atoms with Crippen LogP contribution in [0.4, 0.5) is 0 Å². The van der Waals surface area contributed by atoms with Crippen LogP contribution in [0.3, 0.4) is 0 Å². The number of amides is 1. The van der Waals surface area contributed by atoms with Crippen LogP contribution >= 0.6 is 0 Å². The molecule has 16 heavy (non-hydrogen) atoms. The number of esters is 1. The maximum atomic E-state index is 11.8. The normalized spacial score (nSPS) is 15.1. The molecule has 0 aliphatic rings. The summed E-state index contributed by atoms with van der Waals surface area (Å²) in [6.07, 6.45) is 0.810. The van der Waals surface area contributed by atoms with E-state index in [4.69, 9.17) is 4.74 Å². The summed E-state index contributed by atoms with van der Waals surface area (Å²) in [7, 11) is 1.33. The molecular weight excluding hydrogens is 206 g/mol. The summed E-state index contributed by atoms with van der Waals surface area (Å²) in [5.74, 6) is -0.450. The second-order valence-electron chi connectivity index (χ2n) is 5.11. The Morgan fingerprint density at radius 3 is 2.12 bits per heavy atom. The van der Waals surface area contributed by atoms with E-state index in [1.54, 1.807) is 0 Å². The Hall–Kier alpha value is -1.06. The zero-order valence-corrected chi connectivity index (χ0v) is 11.1. The molecule has 0 heterocycles. The number of carbonyl (C=O) groups excluding carboxylic acids is 2. The van der Waals surface area contributed by atoms with E-state index in [9.17, 15) is 9.59 Å². The van der Waals surface area contributed by atoms with Gasteiger partial charge in [-0.15, -0.1) is 0 Å². The van der Waals surface area contributed by atoms with Crippen molar-refractivity contribution in [2.45, 2.75) is 47.1 Å². The van der Waals surface area contributed by atoms with E-state index < -0.39 is 11.5 Å². The van der Waals surface area contributed by atoms with Gasteiger partial charge in [0.05, 0.1) is 7.11 Å². The quantitative estimate of drug-likeness (QED) is 0.747. The summed E-state index contributed by atoms with van der Waals surface area (Å²) < 4.78 is 4.70. The van der Waals surface area contributed by atoms with Crippen LogP contribution in [0.2, 0.25) is 0 Å². The van der Waals surface area contributed by atoms with Crippen molar-refractivity contribution in [1.29, 1.82) is 0 Å². The van der Waals surface area contributed by atoms with Gasteiger partial charge in [-0.05, 0) is 5.92 Å². The van der Waals surface area contributed by atoms with E-state index in [2.05, 4.69) is 5.32 Å². The van der Waals surface area contributed by atoms with Gasteiger partial charge in [-0.25, -0.2) is 4.79 Å². The first-order chi connectivity index (χ1) is 7.23. The first kappa shape index (κ1) is 14.9. The van der Waals surface area contributed by atoms with Crippen LogP contribution < -0.4 is 5.32 Å². The predicted octanol–water partition coefficient (Wildman–Crippen LogP) is 1.74. The molecule has 0 aliphatic heterocycles. The van der Waals surface area contributed by atoms with Gasteiger partial charge in [0.2, 0.25) is 5.91 Å². The maximum absolute atomic E-state index is 11.8. The molecule has 2 atom stereocenters. The molecule has 0 aromatic rings. The summed E-state index contributed by atoms with van der Waals surface area (Å²) in [6.45, 7) is 9.34. The highest BCUT2D eigenvalue weighted by atomic mass is 16.5. The largest absolute Gasteiger partial charge is 0.467 e. The Morgan fingerprint density at radius 2 is 1.81 bits per heavy atom. The van der Waals surface area contributed by atoms with E-state index in [0.29, 0.717) is 0 Å². The van der Waals surface area contributed by atoms with Crippen molar-refractivity contribution in [1.82, 2.24) is 5.32 Å². The third-order valence-corrected chi connectivity index (χ3v) is 2.64. The molecule has 0 spiro atoms. The molecule has 2 unspecified atom stereocenters. The number of hydrogen-bond donors (Lipinski definition) is 1. The first-order valence-corrected chi connectivity index (χ1v) is 5.62. The van der Waals surface area contributed by atoms with Gasteiger partial charge in [0.1, 0.15) is 6.04 Å². The first-order valence-electron chi connectivity index (χ1n) is 5.62. The van der Waals surface area contributed by atoms with E-state index in [1.807, 2.05) is 34.6 Å². The third-order valence-electron chi connectivity index (χ3n) is 2.64. The van der Waals surface area contributed by atoms with Crippen molar-refractivity contribution in [3.8, 4) is 0 Å². The highest BCUT2D eigenvalue weighted by molar-refractivity contribution is 5.87. The zero-order valence-electron chi connectivity index (χ0n) is 11.1. The molecule has 0 fully saturated rings. The van der Waals surface area contributed by atoms with E-state index in [0.717, 1.165) is 6.42 Å². The summed E-state index contributed by atoms with van der Waals surface area (Å²) in [5.41, 5.74) is -0.500. The van der Waals surface area contributed by atoms with Crippen LogP contribution in [0.5, 0.6) is 0 Å². The number of ether oxygens (including phenoxy) is 1. The van der Waals surface area contributed by atoms with E-state index in [1.165, 1.54) is 7.11 Å². The van der Waals surface area contributed by atoms with Gasteiger partial charge in [-0.1, -0.05) is 41.0 Å². The summed E-state index contributed by atoms with van der Waals surface area (Å²) >= 11 is 0. The van der Waals surface area contributed by atoms with Gasteiger partial charge in [-0.2, -0.15) is 0 Å². The highest BCUT2D eigenvalue weighted by Gasteiger charge is 2.30. The van der Waals surface area contributed by atoms with Crippen LogP contribution in [0, 0.1) is 11.3 Å². The molecule has 0 aromatic heterocycles. The lowest BCUT2D eigenvalue weighted by molar-refractivity contribution is -0.147. The van der Waals surface area contributed by atoms with Crippen LogP contribution in [-0.2, 0) is 14.3 Å². The van der Waals surface area contributed by atoms with Gasteiger partial charge in [0.15, 0.2) is 0 Å². The van der Waals surface area contributed by atoms with Crippen molar-refractivity contribution >= 4 is 11.9 Å². The summed E-state index contributed by atoms with van der Waals surface area (Å²) in [5, 5.41) is 2.74. The second kappa shape index (κ2) is 5.87. The molecular formula is C12H23NO3. The number of rotatable bonds is 4. The summed E-state index contributed by atoms with van der Waals surface area (Å²) in [6, 6.07) is -0.554. The van der Waals surface area contributed by atoms with Crippen LogP contribution in [0.25, 0.3) is 0 Å². The molecule has 1 N–H and O–H groups in total. The summed E-state index contributed by atoms with van der Waals surface area (Å²) in [4.78, 5) is 23.3. The molecule has 0 saturated heterocycles. The van der Waals surface area contributed by atoms with Gasteiger partial charge in [0.25, 0.3) is 0 Å². The highest BCUT2D eigenvalue weighted by Crippen LogP contribution is 2.16. The molecule has 0 rings (SSSR count). The lowest BCUT2D eigenvalue weighted by atomic mass is 9.93. The number of methoxy groups -OCH3 is 1. The minimum Gasteiger partial charge on any atom is -0.467 e. The lowest BCUT2D eigenvalue weighted by Gasteiger charge is -2.26. The Balaban J connectivity index is 4.69. The number of nitrogens with one attached hydrogen (secondary N) is 1. The molecule has 0 saturated carbocycles. The number of carbonyl (C=O) groups is 2. The minimum atomic E-state index is -0.554. The van der Waals surface area contributed by atoms with E-state index >= 15 is 0 Å². The molecule has 0 aliphatic carbocycles. The number of hydrogen-bond acceptors (Lipinski definition) is 3. The lowest BCUT2D eigenvalue weighted by Crippen LogP contribution is -2.49. The standard InChI is InChI=1S/C12H23NO3/c1-7-8(2)9(10(14)16-6)13-11(15)12(3,4)5/h8-9H,7H2,1-6H3,(H,13,15). The van der Waals surface area contributed by atoms with Crippen molar-refractivity contribution in [2.75, 3.05) is 7.11 Å². The predicted molar refractivity (Wildman–Crippen MR) is 62.9 cm³/mol. The fourth-order valence-corrected chi connectivity index (χ4v) is 1.15. The molecule has 94 valence electrons. The second-order valence-corrected chi connectivity index (χ2v) is 5.11. The zero-order chi connectivity index (χ0) is 12.9. The van der Waals surface area contributed by atoms with Gasteiger partial charge in [0, 0.05) is 5.41 Å². The average molecular weight is 229 g/mol. The molecule has 4 nitrogen and oxygen atoms in total. The van der Waals surface area contributed by atoms with Gasteiger partial charge >= 0.3 is 5.97 Å². The van der Waals surface area contributed by atoms with Gasteiger partial charge in [-0.3, -0.25) is 4.79 Å². The Morgan fingerprint density at radius 1 is 1.31 bits per heavy atom. The smallest absolute Gasteiger partial charge is 0.328 e. The molecule has 0 aromatic carbocycles. The molecule has 4 heteroatoms. The van der Waals surface area contributed by atoms with Crippen molar-refractivity contribution < 1.29 is 14.3 Å². The molecule has 1 amide bonds. The molecule has 0 bridgehead atoms. The molecule has 0 radical (unpaired) electrons. The monoisotopic (exact) mass is 229 g/mol. The van der Waals surface area contributed by atoms with Crippen LogP contribution in [0.15, 0.2) is 0 Å². The fraction of sp³-hybridized carbons (Fsp3) is 0.833.